The maximum absolute atomic E-state index is 5.90. The molecule has 3 heterocycles. The number of aromatic nitrogens is 5. The highest BCUT2D eigenvalue weighted by atomic mass is 35.5. The van der Waals surface area contributed by atoms with Gasteiger partial charge in [-0.2, -0.15) is 9.97 Å². The first-order valence-corrected chi connectivity index (χ1v) is 6.32. The van der Waals surface area contributed by atoms with Crippen LogP contribution in [0, 0.1) is 0 Å². The monoisotopic (exact) mass is 276 g/mol. The van der Waals surface area contributed by atoms with Gasteiger partial charge in [-0.1, -0.05) is 0 Å². The molecule has 3 rings (SSSR count). The number of hydrogen-bond acceptors (Lipinski definition) is 4. The highest BCUT2D eigenvalue weighted by Crippen LogP contribution is 2.17. The number of rotatable bonds is 3. The number of hydrogen-bond donors (Lipinski definition) is 1. The first-order chi connectivity index (χ1) is 9.13. The molecule has 19 heavy (non-hydrogen) atoms. The van der Waals surface area contributed by atoms with Crippen LogP contribution in [0.4, 0.5) is 11.8 Å². The van der Waals surface area contributed by atoms with E-state index in [4.69, 9.17) is 11.6 Å². The van der Waals surface area contributed by atoms with Crippen LogP contribution in [-0.2, 0) is 0 Å². The van der Waals surface area contributed by atoms with Crippen LogP contribution in [0.3, 0.4) is 0 Å². The van der Waals surface area contributed by atoms with Crippen LogP contribution in [0.5, 0.6) is 0 Å². The summed E-state index contributed by atoms with van der Waals surface area (Å²) >= 11 is 5.90. The van der Waals surface area contributed by atoms with E-state index in [1.165, 1.54) is 0 Å². The fraction of sp³-hybridized carbons (Fsp3) is 0.250. The summed E-state index contributed by atoms with van der Waals surface area (Å²) in [6, 6.07) is 4.12. The first-order valence-electron chi connectivity index (χ1n) is 5.94. The third-order valence-corrected chi connectivity index (χ3v) is 2.97. The maximum atomic E-state index is 5.90. The van der Waals surface area contributed by atoms with Gasteiger partial charge in [0.2, 0.25) is 11.2 Å². The molecule has 0 saturated carbocycles. The number of fused-ring (bicyclic) bond motifs is 1. The van der Waals surface area contributed by atoms with Crippen molar-refractivity contribution < 1.29 is 0 Å². The van der Waals surface area contributed by atoms with Gasteiger partial charge in [0.1, 0.15) is 5.65 Å². The summed E-state index contributed by atoms with van der Waals surface area (Å²) in [6.45, 7) is 4.19. The van der Waals surface area contributed by atoms with Crippen LogP contribution in [0.1, 0.15) is 19.9 Å². The molecule has 0 unspecified atom stereocenters. The second kappa shape index (κ2) is 4.55. The number of anilines is 2. The Hall–Kier alpha value is -2.08. The Balaban J connectivity index is 1.97. The highest BCUT2D eigenvalue weighted by Gasteiger charge is 2.08. The Morgan fingerprint density at radius 2 is 2.16 bits per heavy atom. The molecule has 0 bridgehead atoms. The largest absolute Gasteiger partial charge is 0.333 e. The third-order valence-electron chi connectivity index (χ3n) is 2.80. The molecule has 6 nitrogen and oxygen atoms in total. The van der Waals surface area contributed by atoms with Crippen LogP contribution in [-0.4, -0.2) is 23.9 Å². The molecule has 1 N–H and O–H groups in total. The standard InChI is InChI=1S/C12H13ClN6/c1-8(2)18-6-9(14-7-18)15-12-17-11(13)16-10-4-3-5-19(10)12/h3-8H,1-2H3,(H,15,16,17). The number of halogens is 1. The van der Waals surface area contributed by atoms with E-state index in [0.717, 1.165) is 11.5 Å². The van der Waals surface area contributed by atoms with Gasteiger partial charge in [-0.3, -0.25) is 4.40 Å². The molecule has 0 atom stereocenters. The van der Waals surface area contributed by atoms with Gasteiger partial charge in [0.05, 0.1) is 6.33 Å². The SMILES string of the molecule is CC(C)n1cnc(Nc2nc(Cl)nc3cccn23)c1. The quantitative estimate of drug-likeness (QED) is 0.799. The van der Waals surface area contributed by atoms with Crippen molar-refractivity contribution >= 4 is 29.0 Å². The Morgan fingerprint density at radius 1 is 1.32 bits per heavy atom. The Bertz CT molecular complexity index is 714. The molecular weight excluding hydrogens is 264 g/mol. The zero-order valence-corrected chi connectivity index (χ0v) is 11.3. The maximum Gasteiger partial charge on any atom is 0.227 e. The predicted octanol–water partition coefficient (Wildman–Crippen LogP) is 2.90. The molecule has 7 heteroatoms. The van der Waals surface area contributed by atoms with Crippen molar-refractivity contribution in [2.75, 3.05) is 5.32 Å². The Labute approximate surface area is 115 Å². The fourth-order valence-electron chi connectivity index (χ4n) is 1.79. The van der Waals surface area contributed by atoms with Crippen molar-refractivity contribution in [1.82, 2.24) is 23.9 Å². The smallest absolute Gasteiger partial charge is 0.227 e. The van der Waals surface area contributed by atoms with Crippen LogP contribution in [0.25, 0.3) is 5.65 Å². The average molecular weight is 277 g/mol. The summed E-state index contributed by atoms with van der Waals surface area (Å²) in [5.74, 6) is 1.31. The van der Waals surface area contributed by atoms with Crippen LogP contribution < -0.4 is 5.32 Å². The van der Waals surface area contributed by atoms with Gasteiger partial charge in [-0.05, 0) is 37.6 Å². The van der Waals surface area contributed by atoms with E-state index >= 15 is 0 Å². The van der Waals surface area contributed by atoms with Crippen molar-refractivity contribution in [2.45, 2.75) is 19.9 Å². The van der Waals surface area contributed by atoms with Gasteiger partial charge in [0.15, 0.2) is 5.82 Å². The lowest BCUT2D eigenvalue weighted by molar-refractivity contribution is 0.600. The average Bonchev–Trinajstić information content (AvgIpc) is 2.96. The Morgan fingerprint density at radius 3 is 2.89 bits per heavy atom. The fourth-order valence-corrected chi connectivity index (χ4v) is 1.96. The molecule has 0 spiro atoms. The summed E-state index contributed by atoms with van der Waals surface area (Å²) < 4.78 is 3.83. The van der Waals surface area contributed by atoms with Crippen LogP contribution >= 0.6 is 11.6 Å². The minimum absolute atomic E-state index is 0.206. The summed E-state index contributed by atoms with van der Waals surface area (Å²) in [5.41, 5.74) is 0.741. The van der Waals surface area contributed by atoms with Crippen molar-refractivity contribution in [3.05, 3.63) is 36.1 Å². The topological polar surface area (TPSA) is 60.0 Å². The van der Waals surface area contributed by atoms with Crippen LogP contribution in [0.15, 0.2) is 30.9 Å². The summed E-state index contributed by atoms with van der Waals surface area (Å²) in [6.07, 6.45) is 5.58. The normalized spacial score (nSPS) is 11.4. The van der Waals surface area contributed by atoms with E-state index < -0.39 is 0 Å². The minimum Gasteiger partial charge on any atom is -0.333 e. The summed E-state index contributed by atoms with van der Waals surface area (Å²) in [5, 5.41) is 3.35. The lowest BCUT2D eigenvalue weighted by atomic mass is 10.4. The van der Waals surface area contributed by atoms with Gasteiger partial charge in [-0.15, -0.1) is 0 Å². The molecule has 0 aliphatic heterocycles. The first kappa shape index (κ1) is 12.0. The molecule has 0 aliphatic carbocycles. The van der Waals surface area contributed by atoms with E-state index in [0.29, 0.717) is 12.0 Å². The molecule has 3 aromatic rings. The van der Waals surface area contributed by atoms with Gasteiger partial charge in [0, 0.05) is 18.4 Å². The second-order valence-corrected chi connectivity index (χ2v) is 4.82. The molecule has 0 saturated heterocycles. The van der Waals surface area contributed by atoms with Crippen molar-refractivity contribution in [3.8, 4) is 0 Å². The van der Waals surface area contributed by atoms with E-state index in [1.54, 1.807) is 6.33 Å². The zero-order chi connectivity index (χ0) is 13.4. The minimum atomic E-state index is 0.206. The summed E-state index contributed by atoms with van der Waals surface area (Å²) in [7, 11) is 0. The number of imidazole rings is 1. The molecule has 98 valence electrons. The van der Waals surface area contributed by atoms with Crippen LogP contribution in [0.2, 0.25) is 5.28 Å². The third kappa shape index (κ3) is 2.26. The highest BCUT2D eigenvalue weighted by molar-refractivity contribution is 6.28. The summed E-state index contributed by atoms with van der Waals surface area (Å²) in [4.78, 5) is 12.6. The predicted molar refractivity (Wildman–Crippen MR) is 73.9 cm³/mol. The number of nitrogens with one attached hydrogen (secondary N) is 1. The molecule has 3 aromatic heterocycles. The van der Waals surface area contributed by atoms with Crippen molar-refractivity contribution in [1.29, 1.82) is 0 Å². The van der Waals surface area contributed by atoms with Crippen molar-refractivity contribution in [2.24, 2.45) is 0 Å². The van der Waals surface area contributed by atoms with Crippen molar-refractivity contribution in [3.63, 3.8) is 0 Å². The zero-order valence-electron chi connectivity index (χ0n) is 10.6. The second-order valence-electron chi connectivity index (χ2n) is 4.48. The van der Waals surface area contributed by atoms with E-state index in [1.807, 2.05) is 33.5 Å². The molecular formula is C12H13ClN6. The molecule has 0 fully saturated rings. The van der Waals surface area contributed by atoms with Gasteiger partial charge >= 0.3 is 0 Å². The van der Waals surface area contributed by atoms with E-state index in [-0.39, 0.29) is 5.28 Å². The lowest BCUT2D eigenvalue weighted by Crippen LogP contribution is -2.03. The molecule has 0 aliphatic rings. The van der Waals surface area contributed by atoms with Gasteiger partial charge in [0.25, 0.3) is 0 Å². The van der Waals surface area contributed by atoms with E-state index in [9.17, 15) is 0 Å². The molecule has 0 aromatic carbocycles. The lowest BCUT2D eigenvalue weighted by Gasteiger charge is -2.06. The number of nitrogens with zero attached hydrogens (tertiary/aromatic N) is 5. The van der Waals surface area contributed by atoms with E-state index in [2.05, 4.69) is 34.1 Å². The molecule has 0 radical (unpaired) electrons. The van der Waals surface area contributed by atoms with Gasteiger partial charge in [-0.25, -0.2) is 4.98 Å². The Kier molecular flexibility index (Phi) is 2.87. The molecule has 0 amide bonds. The van der Waals surface area contributed by atoms with Gasteiger partial charge < -0.3 is 9.88 Å².